The molecule has 2 aromatic heterocycles. The third-order valence-electron chi connectivity index (χ3n) is 3.96. The summed E-state index contributed by atoms with van der Waals surface area (Å²) in [4.78, 5) is 11.7. The van der Waals surface area contributed by atoms with Crippen molar-refractivity contribution >= 4 is 15.8 Å². The van der Waals surface area contributed by atoms with Gasteiger partial charge in [-0.15, -0.1) is 0 Å². The maximum absolute atomic E-state index is 14.5. The van der Waals surface area contributed by atoms with E-state index >= 15 is 0 Å². The molecule has 0 spiro atoms. The summed E-state index contributed by atoms with van der Waals surface area (Å²) < 4.78 is 43.1. The van der Waals surface area contributed by atoms with E-state index in [-0.39, 0.29) is 23.9 Å². The van der Waals surface area contributed by atoms with Crippen LogP contribution in [0.25, 0.3) is 17.1 Å². The van der Waals surface area contributed by atoms with Gasteiger partial charge in [0.15, 0.2) is 11.6 Å². The van der Waals surface area contributed by atoms with Gasteiger partial charge in [0, 0.05) is 12.1 Å². The molecule has 2 heterocycles. The Hall–Kier alpha value is -2.96. The van der Waals surface area contributed by atoms with E-state index in [0.717, 1.165) is 6.07 Å². The first kappa shape index (κ1) is 20.8. The molecule has 0 atom stereocenters. The SMILES string of the molecule is Cc1cc(F)c(S(=O)(=O)NCC(C)(C)O)cc1-c1cnc(N)c(-n2cncn2)n1. The van der Waals surface area contributed by atoms with Crippen LogP contribution in [-0.4, -0.2) is 50.4 Å². The van der Waals surface area contributed by atoms with Crippen LogP contribution >= 0.6 is 0 Å². The molecule has 0 bridgehead atoms. The van der Waals surface area contributed by atoms with Gasteiger partial charge in [-0.3, -0.25) is 0 Å². The number of nitrogens with one attached hydrogen (secondary N) is 1. The van der Waals surface area contributed by atoms with Gasteiger partial charge in [-0.1, -0.05) is 0 Å². The zero-order valence-corrected chi connectivity index (χ0v) is 16.8. The molecule has 0 amide bonds. The lowest BCUT2D eigenvalue weighted by molar-refractivity contribution is 0.0857. The number of hydrogen-bond donors (Lipinski definition) is 3. The van der Waals surface area contributed by atoms with Crippen molar-refractivity contribution in [2.75, 3.05) is 12.3 Å². The summed E-state index contributed by atoms with van der Waals surface area (Å²) in [6, 6.07) is 2.27. The Labute approximate surface area is 166 Å². The lowest BCUT2D eigenvalue weighted by Crippen LogP contribution is -2.38. The largest absolute Gasteiger partial charge is 0.389 e. The zero-order chi connectivity index (χ0) is 21.4. The van der Waals surface area contributed by atoms with Gasteiger partial charge in [0.25, 0.3) is 0 Å². The molecule has 10 nitrogen and oxygen atoms in total. The van der Waals surface area contributed by atoms with Crippen molar-refractivity contribution in [1.29, 1.82) is 0 Å². The van der Waals surface area contributed by atoms with E-state index in [1.807, 2.05) is 0 Å². The van der Waals surface area contributed by atoms with E-state index < -0.39 is 26.3 Å². The summed E-state index contributed by atoms with van der Waals surface area (Å²) in [5.41, 5.74) is 5.63. The van der Waals surface area contributed by atoms with Gasteiger partial charge in [-0.05, 0) is 38.5 Å². The maximum atomic E-state index is 14.5. The molecule has 0 radical (unpaired) electrons. The fourth-order valence-electron chi connectivity index (χ4n) is 2.49. The number of nitrogens with zero attached hydrogens (tertiary/aromatic N) is 5. The third kappa shape index (κ3) is 4.55. The number of aryl methyl sites for hydroxylation is 1. The Morgan fingerprint density at radius 2 is 2.07 bits per heavy atom. The van der Waals surface area contributed by atoms with Crippen LogP contribution in [0.2, 0.25) is 0 Å². The second-order valence-corrected chi connectivity index (χ2v) is 8.77. The molecule has 0 aliphatic carbocycles. The normalized spacial score (nSPS) is 12.3. The Kier molecular flexibility index (Phi) is 5.34. The molecule has 4 N–H and O–H groups in total. The van der Waals surface area contributed by atoms with Crippen molar-refractivity contribution in [3.8, 4) is 17.1 Å². The molecule has 3 aromatic rings. The van der Waals surface area contributed by atoms with E-state index in [9.17, 15) is 17.9 Å². The van der Waals surface area contributed by atoms with Gasteiger partial charge in [-0.25, -0.2) is 32.5 Å². The standard InChI is InChI=1S/C17H20FN7O3S/c1-10-4-12(18)14(29(27,28)23-7-17(2,3)26)5-11(10)13-6-21-15(19)16(24-13)25-9-20-8-22-25/h4-6,8-9,23,26H,7H2,1-3H3,(H2,19,21). The number of sulfonamides is 1. The summed E-state index contributed by atoms with van der Waals surface area (Å²) in [6.07, 6.45) is 4.05. The molecule has 0 aliphatic rings. The zero-order valence-electron chi connectivity index (χ0n) is 16.0. The first-order valence-corrected chi connectivity index (χ1v) is 9.96. The number of halogens is 1. The summed E-state index contributed by atoms with van der Waals surface area (Å²) >= 11 is 0. The average Bonchev–Trinajstić information content (AvgIpc) is 3.14. The molecule has 1 aromatic carbocycles. The van der Waals surface area contributed by atoms with Gasteiger partial charge in [0.05, 0.1) is 17.5 Å². The molecule has 0 saturated carbocycles. The minimum atomic E-state index is -4.22. The summed E-state index contributed by atoms with van der Waals surface area (Å²) in [6.45, 7) is 4.20. The predicted octanol–water partition coefficient (Wildman–Crippen LogP) is 0.803. The van der Waals surface area contributed by atoms with E-state index in [1.165, 1.54) is 43.4 Å². The number of nitrogens with two attached hydrogens (primary N) is 1. The van der Waals surface area contributed by atoms with E-state index in [0.29, 0.717) is 11.1 Å². The number of anilines is 1. The van der Waals surface area contributed by atoms with Crippen molar-refractivity contribution in [3.05, 3.63) is 42.4 Å². The van der Waals surface area contributed by atoms with Crippen molar-refractivity contribution < 1.29 is 17.9 Å². The number of nitrogen functional groups attached to an aromatic ring is 1. The third-order valence-corrected chi connectivity index (χ3v) is 5.37. The predicted molar refractivity (Wildman–Crippen MR) is 103 cm³/mol. The van der Waals surface area contributed by atoms with E-state index in [1.54, 1.807) is 6.92 Å². The number of aliphatic hydroxyl groups is 1. The van der Waals surface area contributed by atoms with Crippen LogP contribution in [0.4, 0.5) is 10.2 Å². The fourth-order valence-corrected chi connectivity index (χ4v) is 3.78. The quantitative estimate of drug-likeness (QED) is 0.529. The van der Waals surface area contributed by atoms with E-state index in [4.69, 9.17) is 5.73 Å². The second-order valence-electron chi connectivity index (χ2n) is 7.04. The van der Waals surface area contributed by atoms with Crippen LogP contribution < -0.4 is 10.5 Å². The van der Waals surface area contributed by atoms with Gasteiger partial charge in [0.2, 0.25) is 10.0 Å². The highest BCUT2D eigenvalue weighted by molar-refractivity contribution is 7.89. The van der Waals surface area contributed by atoms with Crippen LogP contribution in [0.1, 0.15) is 19.4 Å². The first-order chi connectivity index (χ1) is 13.5. The highest BCUT2D eigenvalue weighted by Gasteiger charge is 2.24. The van der Waals surface area contributed by atoms with Gasteiger partial charge in [0.1, 0.15) is 23.4 Å². The minimum absolute atomic E-state index is 0.0960. The topological polar surface area (TPSA) is 149 Å². The summed E-state index contributed by atoms with van der Waals surface area (Å²) in [5.74, 6) is -0.624. The van der Waals surface area contributed by atoms with Crippen molar-refractivity contribution in [2.45, 2.75) is 31.3 Å². The molecule has 29 heavy (non-hydrogen) atoms. The molecular formula is C17H20FN7O3S. The summed E-state index contributed by atoms with van der Waals surface area (Å²) in [7, 11) is -4.22. The Morgan fingerprint density at radius 1 is 1.34 bits per heavy atom. The molecule has 3 rings (SSSR count). The fraction of sp³-hybridized carbons (Fsp3) is 0.294. The van der Waals surface area contributed by atoms with Crippen LogP contribution in [0.15, 0.2) is 35.9 Å². The van der Waals surface area contributed by atoms with Gasteiger partial charge >= 0.3 is 0 Å². The number of benzene rings is 1. The highest BCUT2D eigenvalue weighted by atomic mass is 32.2. The second kappa shape index (κ2) is 7.46. The van der Waals surface area contributed by atoms with Crippen molar-refractivity contribution in [1.82, 2.24) is 29.5 Å². The van der Waals surface area contributed by atoms with Crippen LogP contribution in [0.5, 0.6) is 0 Å². The lowest BCUT2D eigenvalue weighted by Gasteiger charge is -2.18. The molecule has 154 valence electrons. The molecule has 0 aliphatic heterocycles. The molecule has 0 saturated heterocycles. The summed E-state index contributed by atoms with van der Waals surface area (Å²) in [5, 5.41) is 13.7. The maximum Gasteiger partial charge on any atom is 0.243 e. The van der Waals surface area contributed by atoms with Gasteiger partial charge < -0.3 is 10.8 Å². The molecule has 0 fully saturated rings. The van der Waals surface area contributed by atoms with Crippen LogP contribution in [-0.2, 0) is 10.0 Å². The Balaban J connectivity index is 2.08. The Bertz CT molecular complexity index is 1140. The molecule has 12 heteroatoms. The van der Waals surface area contributed by atoms with Crippen LogP contribution in [0.3, 0.4) is 0 Å². The van der Waals surface area contributed by atoms with E-state index in [2.05, 4.69) is 24.8 Å². The highest BCUT2D eigenvalue weighted by Crippen LogP contribution is 2.28. The number of rotatable bonds is 6. The monoisotopic (exact) mass is 421 g/mol. The lowest BCUT2D eigenvalue weighted by atomic mass is 10.1. The smallest absolute Gasteiger partial charge is 0.243 e. The Morgan fingerprint density at radius 3 is 2.69 bits per heavy atom. The van der Waals surface area contributed by atoms with Crippen molar-refractivity contribution in [2.24, 2.45) is 0 Å². The molecular weight excluding hydrogens is 401 g/mol. The first-order valence-electron chi connectivity index (χ1n) is 8.48. The average molecular weight is 421 g/mol. The van der Waals surface area contributed by atoms with Crippen molar-refractivity contribution in [3.63, 3.8) is 0 Å². The molecule has 0 unspecified atom stereocenters. The van der Waals surface area contributed by atoms with Crippen LogP contribution in [0, 0.1) is 12.7 Å². The number of aromatic nitrogens is 5. The minimum Gasteiger partial charge on any atom is -0.389 e. The number of hydrogen-bond acceptors (Lipinski definition) is 8. The van der Waals surface area contributed by atoms with Gasteiger partial charge in [-0.2, -0.15) is 9.78 Å².